The molecule has 1 atom stereocenters. The van der Waals surface area contributed by atoms with Crippen LogP contribution in [0.3, 0.4) is 0 Å². The third kappa shape index (κ3) is 4.74. The van der Waals surface area contributed by atoms with Gasteiger partial charge in [0.2, 0.25) is 0 Å². The summed E-state index contributed by atoms with van der Waals surface area (Å²) in [6, 6.07) is 6.54. The Labute approximate surface area is 187 Å². The summed E-state index contributed by atoms with van der Waals surface area (Å²) >= 11 is 1.15. The van der Waals surface area contributed by atoms with Crippen LogP contribution in [0.1, 0.15) is 34.8 Å². The SMILES string of the molecule is O=C(NC[C@@H](O)CO)c1nc(-c2ccc(NCC3(c4ncccc4F)CCC3)nn2)cs1. The third-order valence-electron chi connectivity index (χ3n) is 5.51. The van der Waals surface area contributed by atoms with Crippen molar-refractivity contribution in [2.24, 2.45) is 0 Å². The van der Waals surface area contributed by atoms with Crippen LogP contribution in [0, 0.1) is 5.82 Å². The van der Waals surface area contributed by atoms with E-state index in [-0.39, 0.29) is 22.8 Å². The number of carbonyl (C=O) groups is 1. The molecule has 1 fully saturated rings. The zero-order valence-corrected chi connectivity index (χ0v) is 18.0. The number of amides is 1. The molecule has 3 aromatic rings. The van der Waals surface area contributed by atoms with Gasteiger partial charge in [0.15, 0.2) is 5.01 Å². The summed E-state index contributed by atoms with van der Waals surface area (Å²) in [7, 11) is 0. The summed E-state index contributed by atoms with van der Waals surface area (Å²) in [6.07, 6.45) is 3.35. The quantitative estimate of drug-likeness (QED) is 0.381. The zero-order chi connectivity index (χ0) is 22.6. The first-order valence-corrected chi connectivity index (χ1v) is 11.1. The number of hydrogen-bond donors (Lipinski definition) is 4. The van der Waals surface area contributed by atoms with E-state index in [2.05, 4.69) is 30.8 Å². The van der Waals surface area contributed by atoms with Gasteiger partial charge in [-0.3, -0.25) is 9.78 Å². The van der Waals surface area contributed by atoms with E-state index < -0.39 is 18.6 Å². The number of anilines is 1. The highest BCUT2D eigenvalue weighted by Crippen LogP contribution is 2.43. The minimum absolute atomic E-state index is 0.0612. The van der Waals surface area contributed by atoms with Crippen LogP contribution >= 0.6 is 11.3 Å². The van der Waals surface area contributed by atoms with E-state index in [0.717, 1.165) is 30.6 Å². The van der Waals surface area contributed by atoms with Gasteiger partial charge in [0.05, 0.1) is 18.4 Å². The fourth-order valence-electron chi connectivity index (χ4n) is 3.55. The number of aromatic nitrogens is 4. The predicted octanol–water partition coefficient (Wildman–Crippen LogP) is 1.75. The van der Waals surface area contributed by atoms with E-state index in [9.17, 15) is 14.3 Å². The van der Waals surface area contributed by atoms with E-state index in [1.165, 1.54) is 6.07 Å². The van der Waals surface area contributed by atoms with E-state index in [1.54, 1.807) is 29.8 Å². The lowest BCUT2D eigenvalue weighted by Gasteiger charge is -2.41. The summed E-state index contributed by atoms with van der Waals surface area (Å²) < 4.78 is 14.3. The van der Waals surface area contributed by atoms with E-state index in [0.29, 0.717) is 29.4 Å². The van der Waals surface area contributed by atoms with Gasteiger partial charge in [0.1, 0.15) is 23.0 Å². The molecule has 1 aliphatic carbocycles. The molecule has 0 unspecified atom stereocenters. The Hall–Kier alpha value is -3.02. The van der Waals surface area contributed by atoms with Gasteiger partial charge in [-0.05, 0) is 37.1 Å². The largest absolute Gasteiger partial charge is 0.394 e. The smallest absolute Gasteiger partial charge is 0.280 e. The minimum Gasteiger partial charge on any atom is -0.394 e. The Balaban J connectivity index is 1.38. The van der Waals surface area contributed by atoms with Crippen LogP contribution in [0.15, 0.2) is 35.8 Å². The van der Waals surface area contributed by atoms with E-state index in [4.69, 9.17) is 5.11 Å². The second-order valence-corrected chi connectivity index (χ2v) is 8.57. The lowest BCUT2D eigenvalue weighted by molar-refractivity contribution is 0.0802. The van der Waals surface area contributed by atoms with E-state index in [1.807, 2.05) is 0 Å². The molecule has 0 aromatic carbocycles. The van der Waals surface area contributed by atoms with Gasteiger partial charge < -0.3 is 20.8 Å². The number of hydrogen-bond acceptors (Lipinski definition) is 9. The Morgan fingerprint density at radius 2 is 2.09 bits per heavy atom. The third-order valence-corrected chi connectivity index (χ3v) is 6.35. The number of aliphatic hydroxyl groups is 2. The molecule has 0 aliphatic heterocycles. The molecule has 9 nitrogen and oxygen atoms in total. The summed E-state index contributed by atoms with van der Waals surface area (Å²) in [5.74, 6) is -0.167. The van der Waals surface area contributed by atoms with Crippen LogP contribution in [0.4, 0.5) is 10.2 Å². The normalized spacial score (nSPS) is 15.6. The number of nitrogens with zero attached hydrogens (tertiary/aromatic N) is 4. The monoisotopic (exact) mass is 458 g/mol. The van der Waals surface area contributed by atoms with Gasteiger partial charge in [-0.1, -0.05) is 6.42 Å². The number of carbonyl (C=O) groups excluding carboxylic acids is 1. The van der Waals surface area contributed by atoms with Crippen LogP contribution in [-0.4, -0.2) is 62.1 Å². The number of pyridine rings is 1. The van der Waals surface area contributed by atoms with Gasteiger partial charge >= 0.3 is 0 Å². The average molecular weight is 459 g/mol. The number of thiazole rings is 1. The first kappa shape index (κ1) is 22.2. The topological polar surface area (TPSA) is 133 Å². The van der Waals surface area contributed by atoms with Crippen molar-refractivity contribution in [1.82, 2.24) is 25.5 Å². The molecule has 0 spiro atoms. The fourth-order valence-corrected chi connectivity index (χ4v) is 4.27. The highest BCUT2D eigenvalue weighted by molar-refractivity contribution is 7.12. The number of aliphatic hydroxyl groups excluding tert-OH is 2. The lowest BCUT2D eigenvalue weighted by atomic mass is 9.66. The van der Waals surface area contributed by atoms with Crippen molar-refractivity contribution < 1.29 is 19.4 Å². The van der Waals surface area contributed by atoms with Gasteiger partial charge in [-0.15, -0.1) is 21.5 Å². The first-order valence-electron chi connectivity index (χ1n) is 10.2. The van der Waals surface area contributed by atoms with Gasteiger partial charge in [0, 0.05) is 30.1 Å². The highest BCUT2D eigenvalue weighted by atomic mass is 32.1. The van der Waals surface area contributed by atoms with Crippen molar-refractivity contribution in [3.8, 4) is 11.4 Å². The maximum absolute atomic E-state index is 14.3. The highest BCUT2D eigenvalue weighted by Gasteiger charge is 2.41. The molecule has 1 aliphatic rings. The first-order chi connectivity index (χ1) is 15.5. The second kappa shape index (κ2) is 9.63. The number of nitrogens with one attached hydrogen (secondary N) is 2. The Bertz CT molecular complexity index is 1070. The molecule has 0 saturated heterocycles. The molecule has 4 N–H and O–H groups in total. The van der Waals surface area contributed by atoms with Crippen molar-refractivity contribution in [3.63, 3.8) is 0 Å². The summed E-state index contributed by atoms with van der Waals surface area (Å²) in [5, 5.41) is 34.2. The Morgan fingerprint density at radius 3 is 2.75 bits per heavy atom. The zero-order valence-electron chi connectivity index (χ0n) is 17.2. The molecular weight excluding hydrogens is 435 g/mol. The molecule has 32 heavy (non-hydrogen) atoms. The maximum Gasteiger partial charge on any atom is 0.280 e. The molecule has 11 heteroatoms. The van der Waals surface area contributed by atoms with Crippen molar-refractivity contribution in [3.05, 3.63) is 52.4 Å². The summed E-state index contributed by atoms with van der Waals surface area (Å²) in [4.78, 5) is 20.6. The van der Waals surface area contributed by atoms with Gasteiger partial charge in [0.25, 0.3) is 5.91 Å². The minimum atomic E-state index is -1.02. The van der Waals surface area contributed by atoms with Crippen LogP contribution in [0.2, 0.25) is 0 Å². The standard InChI is InChI=1S/C21H23FN6O3S/c22-14-3-1-8-23-18(14)21(6-2-7-21)12-25-17-5-4-15(27-28-17)16-11-32-20(26-16)19(31)24-9-13(30)10-29/h1,3-5,8,11,13,29-30H,2,6-7,9-10,12H2,(H,24,31)(H,25,28)/t13-/m1/s1. The molecule has 3 aromatic heterocycles. The molecule has 3 heterocycles. The average Bonchev–Trinajstić information content (AvgIpc) is 3.28. The van der Waals surface area contributed by atoms with Crippen LogP contribution in [0.5, 0.6) is 0 Å². The molecule has 0 bridgehead atoms. The van der Waals surface area contributed by atoms with Gasteiger partial charge in [-0.25, -0.2) is 9.37 Å². The van der Waals surface area contributed by atoms with Crippen molar-refractivity contribution in [1.29, 1.82) is 0 Å². The van der Waals surface area contributed by atoms with Crippen molar-refractivity contribution in [2.45, 2.75) is 30.8 Å². The molecule has 1 saturated carbocycles. The fraction of sp³-hybridized carbons (Fsp3) is 0.381. The van der Waals surface area contributed by atoms with Crippen molar-refractivity contribution in [2.75, 3.05) is 25.0 Å². The van der Waals surface area contributed by atoms with Crippen LogP contribution < -0.4 is 10.6 Å². The predicted molar refractivity (Wildman–Crippen MR) is 117 cm³/mol. The molecule has 4 rings (SSSR count). The molecular formula is C21H23FN6O3S. The van der Waals surface area contributed by atoms with Crippen LogP contribution in [-0.2, 0) is 5.41 Å². The second-order valence-electron chi connectivity index (χ2n) is 7.71. The van der Waals surface area contributed by atoms with Crippen molar-refractivity contribution >= 4 is 23.1 Å². The molecule has 1 amide bonds. The number of rotatable bonds is 9. The summed E-state index contributed by atoms with van der Waals surface area (Å²) in [5.41, 5.74) is 1.17. The van der Waals surface area contributed by atoms with Crippen LogP contribution in [0.25, 0.3) is 11.4 Å². The Morgan fingerprint density at radius 1 is 1.25 bits per heavy atom. The maximum atomic E-state index is 14.3. The molecule has 168 valence electrons. The number of halogens is 1. The molecule has 0 radical (unpaired) electrons. The van der Waals surface area contributed by atoms with Gasteiger partial charge in [-0.2, -0.15) is 0 Å². The van der Waals surface area contributed by atoms with E-state index >= 15 is 0 Å². The Kier molecular flexibility index (Phi) is 6.68. The lowest BCUT2D eigenvalue weighted by Crippen LogP contribution is -2.42. The summed E-state index contributed by atoms with van der Waals surface area (Å²) in [6.45, 7) is 0.0152.